The molecule has 0 bridgehead atoms. The molecular weight excluding hydrogens is 212 g/mol. The Labute approximate surface area is 107 Å². The van der Waals surface area contributed by atoms with Crippen LogP contribution in [0.3, 0.4) is 0 Å². The Morgan fingerprint density at radius 3 is 2.29 bits per heavy atom. The number of ether oxygens (including phenoxy) is 1. The molecule has 17 heavy (non-hydrogen) atoms. The lowest BCUT2D eigenvalue weighted by Gasteiger charge is -2.35. The number of nitrogens with zero attached hydrogens (tertiary/aromatic N) is 1. The van der Waals surface area contributed by atoms with Gasteiger partial charge in [-0.05, 0) is 38.3 Å². The molecule has 0 radical (unpaired) electrons. The second-order valence-corrected chi connectivity index (χ2v) is 6.27. The number of methoxy groups -OCH3 is 1. The summed E-state index contributed by atoms with van der Waals surface area (Å²) in [5, 5.41) is 3.45. The summed E-state index contributed by atoms with van der Waals surface area (Å²) < 4.78 is 5.40. The number of nitrogens with one attached hydrogen (secondary N) is 1. The lowest BCUT2D eigenvalue weighted by Crippen LogP contribution is -2.43. The summed E-state index contributed by atoms with van der Waals surface area (Å²) >= 11 is 0. The smallest absolute Gasteiger partial charge is 0.0595 e. The molecule has 1 saturated heterocycles. The van der Waals surface area contributed by atoms with E-state index in [4.69, 9.17) is 4.74 Å². The van der Waals surface area contributed by atoms with Crippen LogP contribution in [0.2, 0.25) is 0 Å². The van der Waals surface area contributed by atoms with E-state index in [0.717, 1.165) is 0 Å². The summed E-state index contributed by atoms with van der Waals surface area (Å²) in [6.07, 6.45) is 4.11. The first kappa shape index (κ1) is 14.9. The minimum atomic E-state index is 0.347. The Kier molecular flexibility index (Phi) is 5.90. The highest BCUT2D eigenvalue weighted by Crippen LogP contribution is 2.22. The van der Waals surface area contributed by atoms with Gasteiger partial charge in [0.15, 0.2) is 0 Å². The van der Waals surface area contributed by atoms with Crippen LogP contribution in [-0.4, -0.2) is 50.8 Å². The lowest BCUT2D eigenvalue weighted by molar-refractivity contribution is 0.0389. The van der Waals surface area contributed by atoms with Gasteiger partial charge >= 0.3 is 0 Å². The average Bonchev–Trinajstić information content (AvgIpc) is 2.29. The fraction of sp³-hybridized carbons (Fsp3) is 1.00. The third-order valence-corrected chi connectivity index (χ3v) is 4.00. The maximum atomic E-state index is 5.40. The van der Waals surface area contributed by atoms with Crippen LogP contribution in [0.15, 0.2) is 0 Å². The Bertz CT molecular complexity index is 205. The van der Waals surface area contributed by atoms with Gasteiger partial charge in [-0.3, -0.25) is 0 Å². The highest BCUT2D eigenvalue weighted by atomic mass is 16.5. The largest absolute Gasteiger partial charge is 0.381 e. The summed E-state index contributed by atoms with van der Waals surface area (Å²) in [6.45, 7) is 10.5. The molecule has 1 N–H and O–H groups in total. The van der Waals surface area contributed by atoms with Crippen LogP contribution in [0.25, 0.3) is 0 Å². The fourth-order valence-corrected chi connectivity index (χ4v) is 2.69. The Morgan fingerprint density at radius 2 is 1.88 bits per heavy atom. The molecule has 0 aliphatic carbocycles. The molecule has 1 aliphatic rings. The zero-order chi connectivity index (χ0) is 12.9. The molecule has 1 aliphatic heterocycles. The molecule has 3 nitrogen and oxygen atoms in total. The molecule has 0 saturated carbocycles. The summed E-state index contributed by atoms with van der Waals surface area (Å²) in [5.41, 5.74) is 0.347. The molecule has 1 rings (SSSR count). The number of likely N-dealkylation sites (tertiary alicyclic amines) is 1. The normalized spacial score (nSPS) is 21.7. The van der Waals surface area contributed by atoms with Gasteiger partial charge in [-0.25, -0.2) is 0 Å². The monoisotopic (exact) mass is 242 g/mol. The minimum absolute atomic E-state index is 0.347. The van der Waals surface area contributed by atoms with Gasteiger partial charge in [0.2, 0.25) is 0 Å². The van der Waals surface area contributed by atoms with E-state index >= 15 is 0 Å². The van der Waals surface area contributed by atoms with Gasteiger partial charge in [-0.2, -0.15) is 0 Å². The highest BCUT2D eigenvalue weighted by molar-refractivity contribution is 4.81. The Morgan fingerprint density at radius 1 is 1.29 bits per heavy atom. The van der Waals surface area contributed by atoms with Gasteiger partial charge in [-0.1, -0.05) is 20.8 Å². The number of piperidine rings is 1. The summed E-state index contributed by atoms with van der Waals surface area (Å²) in [7, 11) is 3.91. The van der Waals surface area contributed by atoms with Crippen LogP contribution in [0.5, 0.6) is 0 Å². The first-order valence-electron chi connectivity index (χ1n) is 6.89. The maximum Gasteiger partial charge on any atom is 0.0595 e. The summed E-state index contributed by atoms with van der Waals surface area (Å²) in [4.78, 5) is 2.58. The summed E-state index contributed by atoms with van der Waals surface area (Å²) in [5.74, 6) is 0. The van der Waals surface area contributed by atoms with E-state index < -0.39 is 0 Å². The molecule has 1 fully saturated rings. The van der Waals surface area contributed by atoms with Crippen LogP contribution in [-0.2, 0) is 4.74 Å². The van der Waals surface area contributed by atoms with Crippen LogP contribution in [0.4, 0.5) is 0 Å². The average molecular weight is 242 g/mol. The zero-order valence-electron chi connectivity index (χ0n) is 12.3. The van der Waals surface area contributed by atoms with Gasteiger partial charge in [-0.15, -0.1) is 0 Å². The second kappa shape index (κ2) is 6.72. The van der Waals surface area contributed by atoms with Gasteiger partial charge in [0.1, 0.15) is 0 Å². The minimum Gasteiger partial charge on any atom is -0.381 e. The van der Waals surface area contributed by atoms with E-state index in [1.807, 2.05) is 7.11 Å². The highest BCUT2D eigenvalue weighted by Gasteiger charge is 2.24. The van der Waals surface area contributed by atoms with Crippen molar-refractivity contribution < 1.29 is 4.74 Å². The number of hydrogen-bond donors (Lipinski definition) is 1. The van der Waals surface area contributed by atoms with Crippen molar-refractivity contribution in [2.45, 2.75) is 52.2 Å². The molecule has 3 heteroatoms. The Balaban J connectivity index is 2.27. The van der Waals surface area contributed by atoms with Crippen molar-refractivity contribution in [3.05, 3.63) is 0 Å². The molecule has 1 unspecified atom stereocenters. The number of hydrogen-bond acceptors (Lipinski definition) is 3. The predicted octanol–water partition coefficient (Wildman–Crippen LogP) is 2.12. The van der Waals surface area contributed by atoms with Crippen molar-refractivity contribution in [3.63, 3.8) is 0 Å². The van der Waals surface area contributed by atoms with Gasteiger partial charge in [0.25, 0.3) is 0 Å². The molecule has 0 spiro atoms. The van der Waals surface area contributed by atoms with Gasteiger partial charge in [0, 0.05) is 26.2 Å². The standard InChI is InChI=1S/C14H30N2O/c1-14(2,3)13(15-4)8-11-16-9-6-12(17-5)7-10-16/h12-13,15H,6-11H2,1-5H3. The maximum absolute atomic E-state index is 5.40. The van der Waals surface area contributed by atoms with Crippen molar-refractivity contribution in [2.75, 3.05) is 33.8 Å². The van der Waals surface area contributed by atoms with E-state index in [0.29, 0.717) is 17.6 Å². The Hall–Kier alpha value is -0.120. The molecule has 102 valence electrons. The molecule has 0 amide bonds. The van der Waals surface area contributed by atoms with Crippen molar-refractivity contribution >= 4 is 0 Å². The first-order valence-corrected chi connectivity index (χ1v) is 6.89. The molecule has 1 atom stereocenters. The lowest BCUT2D eigenvalue weighted by atomic mass is 9.84. The van der Waals surface area contributed by atoms with Crippen LogP contribution in [0, 0.1) is 5.41 Å². The topological polar surface area (TPSA) is 24.5 Å². The van der Waals surface area contributed by atoms with E-state index in [-0.39, 0.29) is 0 Å². The van der Waals surface area contributed by atoms with E-state index in [9.17, 15) is 0 Å². The number of rotatable bonds is 5. The predicted molar refractivity (Wildman–Crippen MR) is 73.4 cm³/mol. The fourth-order valence-electron chi connectivity index (χ4n) is 2.69. The quantitative estimate of drug-likeness (QED) is 0.799. The zero-order valence-corrected chi connectivity index (χ0v) is 12.3. The second-order valence-electron chi connectivity index (χ2n) is 6.27. The van der Waals surface area contributed by atoms with E-state index in [1.165, 1.54) is 38.9 Å². The first-order chi connectivity index (χ1) is 7.97. The SMILES string of the molecule is CNC(CCN1CCC(OC)CC1)C(C)(C)C. The molecular formula is C14H30N2O. The van der Waals surface area contributed by atoms with Gasteiger partial charge in [0.05, 0.1) is 6.10 Å². The third-order valence-electron chi connectivity index (χ3n) is 4.00. The van der Waals surface area contributed by atoms with Crippen LogP contribution in [0.1, 0.15) is 40.0 Å². The van der Waals surface area contributed by atoms with Crippen molar-refractivity contribution in [3.8, 4) is 0 Å². The van der Waals surface area contributed by atoms with Crippen molar-refractivity contribution in [1.82, 2.24) is 10.2 Å². The molecule has 0 aromatic carbocycles. The van der Waals surface area contributed by atoms with Crippen molar-refractivity contribution in [1.29, 1.82) is 0 Å². The van der Waals surface area contributed by atoms with E-state index in [2.05, 4.69) is 38.0 Å². The van der Waals surface area contributed by atoms with Crippen LogP contribution < -0.4 is 5.32 Å². The van der Waals surface area contributed by atoms with Crippen LogP contribution >= 0.6 is 0 Å². The molecule has 1 heterocycles. The van der Waals surface area contributed by atoms with Gasteiger partial charge < -0.3 is 15.0 Å². The van der Waals surface area contributed by atoms with Crippen molar-refractivity contribution in [2.24, 2.45) is 5.41 Å². The van der Waals surface area contributed by atoms with E-state index in [1.54, 1.807) is 0 Å². The summed E-state index contributed by atoms with van der Waals surface area (Å²) in [6, 6.07) is 0.600. The third kappa shape index (κ3) is 4.94. The molecule has 0 aromatic rings. The molecule has 0 aromatic heterocycles.